The van der Waals surface area contributed by atoms with Crippen LogP contribution in [0.4, 0.5) is 5.69 Å². The zero-order valence-electron chi connectivity index (χ0n) is 12.2. The molecular weight excluding hydrogens is 286 g/mol. The molecule has 0 fully saturated rings. The van der Waals surface area contributed by atoms with Crippen molar-refractivity contribution in [1.82, 2.24) is 0 Å². The molecule has 0 saturated carbocycles. The number of nitrogens with one attached hydrogen (secondary N) is 1. The van der Waals surface area contributed by atoms with E-state index in [2.05, 4.69) is 5.32 Å². The summed E-state index contributed by atoms with van der Waals surface area (Å²) in [6.07, 6.45) is 0. The van der Waals surface area contributed by atoms with E-state index in [1.165, 1.54) is 11.3 Å². The molecule has 1 heterocycles. The second-order valence-corrected chi connectivity index (χ2v) is 6.20. The second kappa shape index (κ2) is 6.54. The first-order chi connectivity index (χ1) is 9.94. The Labute approximate surface area is 127 Å². The summed E-state index contributed by atoms with van der Waals surface area (Å²) in [5.41, 5.74) is 2.84. The summed E-state index contributed by atoms with van der Waals surface area (Å²) < 4.78 is 5.00. The molecule has 1 aromatic carbocycles. The third-order valence-electron chi connectivity index (χ3n) is 2.78. The van der Waals surface area contributed by atoms with Crippen molar-refractivity contribution in [3.8, 4) is 0 Å². The molecule has 5 heteroatoms. The number of carbonyl (C=O) groups excluding carboxylic acids is 2. The smallest absolute Gasteiger partial charge is 0.348 e. The lowest BCUT2D eigenvalue weighted by molar-refractivity contribution is -0.119. The van der Waals surface area contributed by atoms with Crippen molar-refractivity contribution in [2.75, 3.05) is 11.9 Å². The van der Waals surface area contributed by atoms with E-state index in [0.717, 1.165) is 16.0 Å². The molecule has 1 N–H and O–H groups in total. The fourth-order valence-corrected chi connectivity index (χ4v) is 2.75. The number of hydrogen-bond acceptors (Lipinski definition) is 4. The topological polar surface area (TPSA) is 55.4 Å². The zero-order chi connectivity index (χ0) is 15.4. The van der Waals surface area contributed by atoms with Gasteiger partial charge in [0.1, 0.15) is 4.88 Å². The summed E-state index contributed by atoms with van der Waals surface area (Å²) in [5, 5.41) is 2.72. The van der Waals surface area contributed by atoms with E-state index in [1.54, 1.807) is 6.07 Å². The number of aryl methyl sites for hydroxylation is 3. The van der Waals surface area contributed by atoms with E-state index >= 15 is 0 Å². The lowest BCUT2D eigenvalue weighted by Gasteiger charge is -2.08. The van der Waals surface area contributed by atoms with Crippen LogP contribution in [-0.2, 0) is 9.53 Å². The van der Waals surface area contributed by atoms with E-state index in [0.29, 0.717) is 10.6 Å². The van der Waals surface area contributed by atoms with Gasteiger partial charge in [-0.2, -0.15) is 0 Å². The van der Waals surface area contributed by atoms with Crippen LogP contribution in [0.5, 0.6) is 0 Å². The van der Waals surface area contributed by atoms with Gasteiger partial charge in [0.25, 0.3) is 5.91 Å². The van der Waals surface area contributed by atoms with E-state index in [4.69, 9.17) is 4.74 Å². The Kier molecular flexibility index (Phi) is 4.75. The lowest BCUT2D eigenvalue weighted by atomic mass is 10.1. The van der Waals surface area contributed by atoms with E-state index in [9.17, 15) is 9.59 Å². The standard InChI is InChI=1S/C16H17NO3S/c1-10-6-11(2)8-13(7-10)17-15(18)9-20-16(19)14-5-4-12(3)21-14/h4-8H,9H2,1-3H3,(H,17,18). The zero-order valence-corrected chi connectivity index (χ0v) is 13.0. The van der Waals surface area contributed by atoms with Crippen molar-refractivity contribution >= 4 is 28.9 Å². The molecule has 0 unspecified atom stereocenters. The minimum absolute atomic E-state index is 0.289. The number of hydrogen-bond donors (Lipinski definition) is 1. The normalized spacial score (nSPS) is 10.2. The molecule has 0 aliphatic carbocycles. The predicted molar refractivity (Wildman–Crippen MR) is 83.9 cm³/mol. The number of benzene rings is 1. The molecule has 110 valence electrons. The van der Waals surface area contributed by atoms with Crippen molar-refractivity contribution in [2.24, 2.45) is 0 Å². The van der Waals surface area contributed by atoms with Gasteiger partial charge in [-0.05, 0) is 56.2 Å². The quantitative estimate of drug-likeness (QED) is 0.880. The fourth-order valence-electron chi connectivity index (χ4n) is 1.99. The van der Waals surface area contributed by atoms with Crippen LogP contribution in [0.3, 0.4) is 0 Å². The van der Waals surface area contributed by atoms with Crippen molar-refractivity contribution < 1.29 is 14.3 Å². The van der Waals surface area contributed by atoms with Crippen molar-refractivity contribution in [1.29, 1.82) is 0 Å². The number of thiophene rings is 1. The minimum atomic E-state index is -0.469. The van der Waals surface area contributed by atoms with Crippen LogP contribution < -0.4 is 5.32 Å². The molecule has 1 amide bonds. The average molecular weight is 303 g/mol. The molecule has 0 aliphatic heterocycles. The Morgan fingerprint density at radius 3 is 2.33 bits per heavy atom. The maximum atomic E-state index is 11.8. The van der Waals surface area contributed by atoms with Crippen LogP contribution in [0.15, 0.2) is 30.3 Å². The van der Waals surface area contributed by atoms with Gasteiger partial charge in [0.15, 0.2) is 6.61 Å². The molecule has 0 spiro atoms. The number of esters is 1. The first-order valence-corrected chi connectivity index (χ1v) is 7.37. The Hall–Kier alpha value is -2.14. The molecule has 4 nitrogen and oxygen atoms in total. The summed E-state index contributed by atoms with van der Waals surface area (Å²) >= 11 is 1.35. The lowest BCUT2D eigenvalue weighted by Crippen LogP contribution is -2.20. The van der Waals surface area contributed by atoms with Crippen molar-refractivity contribution in [3.63, 3.8) is 0 Å². The highest BCUT2D eigenvalue weighted by Crippen LogP contribution is 2.16. The highest BCUT2D eigenvalue weighted by Gasteiger charge is 2.12. The first-order valence-electron chi connectivity index (χ1n) is 6.56. The van der Waals surface area contributed by atoms with Gasteiger partial charge < -0.3 is 10.1 Å². The Morgan fingerprint density at radius 1 is 1.10 bits per heavy atom. The summed E-state index contributed by atoms with van der Waals surface area (Å²) in [6, 6.07) is 9.31. The van der Waals surface area contributed by atoms with Gasteiger partial charge in [0, 0.05) is 10.6 Å². The van der Waals surface area contributed by atoms with Crippen LogP contribution in [0.1, 0.15) is 25.7 Å². The molecule has 0 aliphatic rings. The Morgan fingerprint density at radius 2 is 1.76 bits per heavy atom. The molecule has 1 aromatic heterocycles. The molecule has 0 radical (unpaired) electrons. The number of amides is 1. The van der Waals surface area contributed by atoms with Gasteiger partial charge in [-0.3, -0.25) is 4.79 Å². The second-order valence-electron chi connectivity index (χ2n) is 4.91. The summed E-state index contributed by atoms with van der Waals surface area (Å²) in [4.78, 5) is 25.1. The summed E-state index contributed by atoms with van der Waals surface area (Å²) in [6.45, 7) is 5.54. The van der Waals surface area contributed by atoms with Gasteiger partial charge in [-0.1, -0.05) is 6.07 Å². The van der Waals surface area contributed by atoms with Crippen molar-refractivity contribution in [3.05, 3.63) is 51.2 Å². The number of carbonyl (C=O) groups is 2. The van der Waals surface area contributed by atoms with Gasteiger partial charge >= 0.3 is 5.97 Å². The minimum Gasteiger partial charge on any atom is -0.451 e. The molecule has 0 atom stereocenters. The molecule has 2 aromatic rings. The van der Waals surface area contributed by atoms with Gasteiger partial charge in [0.2, 0.25) is 0 Å². The van der Waals surface area contributed by atoms with E-state index in [-0.39, 0.29) is 12.5 Å². The van der Waals surface area contributed by atoms with Crippen LogP contribution in [0.25, 0.3) is 0 Å². The number of anilines is 1. The highest BCUT2D eigenvalue weighted by atomic mass is 32.1. The van der Waals surface area contributed by atoms with Gasteiger partial charge in [-0.25, -0.2) is 4.79 Å². The molecule has 2 rings (SSSR count). The molecular formula is C16H17NO3S. The maximum Gasteiger partial charge on any atom is 0.348 e. The largest absolute Gasteiger partial charge is 0.451 e. The van der Waals surface area contributed by atoms with Crippen LogP contribution in [0, 0.1) is 20.8 Å². The maximum absolute atomic E-state index is 11.8. The van der Waals surface area contributed by atoms with Gasteiger partial charge in [0.05, 0.1) is 0 Å². The Bertz CT molecular complexity index is 656. The van der Waals surface area contributed by atoms with E-state index < -0.39 is 5.97 Å². The van der Waals surface area contributed by atoms with Crippen LogP contribution >= 0.6 is 11.3 Å². The van der Waals surface area contributed by atoms with Crippen LogP contribution in [0.2, 0.25) is 0 Å². The number of rotatable bonds is 4. The fraction of sp³-hybridized carbons (Fsp3) is 0.250. The van der Waals surface area contributed by atoms with Crippen molar-refractivity contribution in [2.45, 2.75) is 20.8 Å². The van der Waals surface area contributed by atoms with E-state index in [1.807, 2.05) is 45.0 Å². The van der Waals surface area contributed by atoms with Gasteiger partial charge in [-0.15, -0.1) is 11.3 Å². The first kappa shape index (κ1) is 15.3. The Balaban J connectivity index is 1.88. The summed E-state index contributed by atoms with van der Waals surface area (Å²) in [5.74, 6) is -0.815. The highest BCUT2D eigenvalue weighted by molar-refractivity contribution is 7.13. The molecule has 21 heavy (non-hydrogen) atoms. The molecule has 0 bridgehead atoms. The average Bonchev–Trinajstić information content (AvgIpc) is 2.81. The predicted octanol–water partition coefficient (Wildman–Crippen LogP) is 3.47. The van der Waals surface area contributed by atoms with Crippen LogP contribution in [-0.4, -0.2) is 18.5 Å². The third-order valence-corrected chi connectivity index (χ3v) is 3.76. The third kappa shape index (κ3) is 4.43. The SMILES string of the molecule is Cc1cc(C)cc(NC(=O)COC(=O)c2ccc(C)s2)c1. The monoisotopic (exact) mass is 303 g/mol. The molecule has 0 saturated heterocycles. The summed E-state index contributed by atoms with van der Waals surface area (Å²) in [7, 11) is 0. The number of ether oxygens (including phenoxy) is 1.